The minimum atomic E-state index is 0.589. The summed E-state index contributed by atoms with van der Waals surface area (Å²) < 4.78 is 0. The summed E-state index contributed by atoms with van der Waals surface area (Å²) in [4.78, 5) is 0. The summed E-state index contributed by atoms with van der Waals surface area (Å²) in [5, 5.41) is 3.58. The van der Waals surface area contributed by atoms with Gasteiger partial charge in [-0.3, -0.25) is 0 Å². The SMILES string of the molecule is Cc1ccc(C2CC(C)CN2)c(C)c1. The van der Waals surface area contributed by atoms with E-state index in [1.54, 1.807) is 0 Å². The van der Waals surface area contributed by atoms with Crippen LogP contribution in [-0.2, 0) is 0 Å². The molecule has 1 aliphatic heterocycles. The monoisotopic (exact) mass is 189 g/mol. The average Bonchev–Trinajstić information content (AvgIpc) is 2.51. The lowest BCUT2D eigenvalue weighted by molar-refractivity contribution is 0.609. The molecule has 1 N–H and O–H groups in total. The van der Waals surface area contributed by atoms with Gasteiger partial charge in [-0.15, -0.1) is 0 Å². The number of benzene rings is 1. The lowest BCUT2D eigenvalue weighted by Crippen LogP contribution is -2.14. The van der Waals surface area contributed by atoms with Crippen molar-refractivity contribution < 1.29 is 0 Å². The van der Waals surface area contributed by atoms with Gasteiger partial charge in [0.25, 0.3) is 0 Å². The maximum atomic E-state index is 3.58. The van der Waals surface area contributed by atoms with Gasteiger partial charge in [-0.1, -0.05) is 30.7 Å². The zero-order valence-electron chi connectivity index (χ0n) is 9.30. The highest BCUT2D eigenvalue weighted by Gasteiger charge is 2.22. The molecule has 1 aromatic rings. The van der Waals surface area contributed by atoms with Crippen molar-refractivity contribution in [2.75, 3.05) is 6.54 Å². The Morgan fingerprint density at radius 3 is 2.64 bits per heavy atom. The van der Waals surface area contributed by atoms with Crippen LogP contribution >= 0.6 is 0 Å². The highest BCUT2D eigenvalue weighted by Crippen LogP contribution is 2.29. The smallest absolute Gasteiger partial charge is 0.0325 e. The molecule has 14 heavy (non-hydrogen) atoms. The summed E-state index contributed by atoms with van der Waals surface area (Å²) in [7, 11) is 0. The Bertz CT molecular complexity index is 330. The molecule has 1 fully saturated rings. The topological polar surface area (TPSA) is 12.0 Å². The van der Waals surface area contributed by atoms with E-state index >= 15 is 0 Å². The van der Waals surface area contributed by atoms with E-state index in [-0.39, 0.29) is 0 Å². The second kappa shape index (κ2) is 3.74. The molecule has 1 heteroatoms. The normalized spacial score (nSPS) is 26.8. The Labute approximate surface area is 86.5 Å². The predicted molar refractivity (Wildman–Crippen MR) is 60.4 cm³/mol. The fraction of sp³-hybridized carbons (Fsp3) is 0.538. The Balaban J connectivity index is 2.24. The van der Waals surface area contributed by atoms with Gasteiger partial charge in [-0.2, -0.15) is 0 Å². The van der Waals surface area contributed by atoms with E-state index in [4.69, 9.17) is 0 Å². The molecule has 1 heterocycles. The largest absolute Gasteiger partial charge is 0.310 e. The van der Waals surface area contributed by atoms with Crippen LogP contribution in [0.5, 0.6) is 0 Å². The lowest BCUT2D eigenvalue weighted by atomic mass is 9.96. The van der Waals surface area contributed by atoms with Crippen LogP contribution in [0.4, 0.5) is 0 Å². The predicted octanol–water partition coefficient (Wildman–Crippen LogP) is 2.97. The van der Waals surface area contributed by atoms with Gasteiger partial charge in [0.1, 0.15) is 0 Å². The van der Waals surface area contributed by atoms with Crippen molar-refractivity contribution in [2.45, 2.75) is 33.2 Å². The highest BCUT2D eigenvalue weighted by atomic mass is 14.9. The van der Waals surface area contributed by atoms with Gasteiger partial charge in [-0.05, 0) is 43.9 Å². The highest BCUT2D eigenvalue weighted by molar-refractivity contribution is 5.33. The maximum absolute atomic E-state index is 3.58. The first-order chi connectivity index (χ1) is 6.66. The van der Waals surface area contributed by atoms with Gasteiger partial charge < -0.3 is 5.32 Å². The molecule has 1 saturated heterocycles. The summed E-state index contributed by atoms with van der Waals surface area (Å²) >= 11 is 0. The van der Waals surface area contributed by atoms with Crippen molar-refractivity contribution in [3.8, 4) is 0 Å². The number of rotatable bonds is 1. The number of hydrogen-bond donors (Lipinski definition) is 1. The second-order valence-corrected chi connectivity index (χ2v) is 4.66. The minimum absolute atomic E-state index is 0.589. The van der Waals surface area contributed by atoms with Crippen LogP contribution in [0.2, 0.25) is 0 Å². The van der Waals surface area contributed by atoms with Gasteiger partial charge in [0.15, 0.2) is 0 Å². The van der Waals surface area contributed by atoms with E-state index < -0.39 is 0 Å². The van der Waals surface area contributed by atoms with Crippen molar-refractivity contribution >= 4 is 0 Å². The second-order valence-electron chi connectivity index (χ2n) is 4.66. The van der Waals surface area contributed by atoms with Gasteiger partial charge in [0.05, 0.1) is 0 Å². The van der Waals surface area contributed by atoms with Crippen molar-refractivity contribution in [3.05, 3.63) is 34.9 Å². The van der Waals surface area contributed by atoms with Gasteiger partial charge >= 0.3 is 0 Å². The van der Waals surface area contributed by atoms with Crippen molar-refractivity contribution in [1.29, 1.82) is 0 Å². The summed E-state index contributed by atoms with van der Waals surface area (Å²) in [6.07, 6.45) is 1.28. The third-order valence-electron chi connectivity index (χ3n) is 3.15. The van der Waals surface area contributed by atoms with Gasteiger partial charge in [0.2, 0.25) is 0 Å². The van der Waals surface area contributed by atoms with Crippen LogP contribution in [0.15, 0.2) is 18.2 Å². The zero-order valence-corrected chi connectivity index (χ0v) is 9.30. The van der Waals surface area contributed by atoms with E-state index in [1.165, 1.54) is 23.1 Å². The fourth-order valence-corrected chi connectivity index (χ4v) is 2.37. The first kappa shape index (κ1) is 9.72. The Morgan fingerprint density at radius 1 is 1.29 bits per heavy atom. The maximum Gasteiger partial charge on any atom is 0.0325 e. The van der Waals surface area contributed by atoms with Crippen LogP contribution in [0.1, 0.15) is 36.1 Å². The minimum Gasteiger partial charge on any atom is -0.310 e. The Morgan fingerprint density at radius 2 is 2.07 bits per heavy atom. The van der Waals surface area contributed by atoms with Crippen LogP contribution in [0, 0.1) is 19.8 Å². The summed E-state index contributed by atoms with van der Waals surface area (Å²) in [6, 6.07) is 7.36. The molecule has 0 amide bonds. The average molecular weight is 189 g/mol. The molecule has 1 nitrogen and oxygen atoms in total. The van der Waals surface area contributed by atoms with Crippen molar-refractivity contribution in [1.82, 2.24) is 5.32 Å². The molecule has 0 bridgehead atoms. The molecular weight excluding hydrogens is 170 g/mol. The van der Waals surface area contributed by atoms with Gasteiger partial charge in [0, 0.05) is 6.04 Å². The molecule has 0 aliphatic carbocycles. The first-order valence-electron chi connectivity index (χ1n) is 5.47. The third kappa shape index (κ3) is 1.83. The molecular formula is C13H19N. The summed E-state index contributed by atoms with van der Waals surface area (Å²) in [5.74, 6) is 0.820. The van der Waals surface area contributed by atoms with E-state index in [0.717, 1.165) is 12.5 Å². The van der Waals surface area contributed by atoms with Crippen LogP contribution < -0.4 is 5.32 Å². The molecule has 0 spiro atoms. The van der Waals surface area contributed by atoms with Gasteiger partial charge in [-0.25, -0.2) is 0 Å². The molecule has 0 saturated carbocycles. The summed E-state index contributed by atoms with van der Waals surface area (Å²) in [6.45, 7) is 7.85. The molecule has 1 aliphatic rings. The van der Waals surface area contributed by atoms with Crippen LogP contribution in [0.25, 0.3) is 0 Å². The van der Waals surface area contributed by atoms with Crippen LogP contribution in [0.3, 0.4) is 0 Å². The number of nitrogens with one attached hydrogen (secondary N) is 1. The number of aryl methyl sites for hydroxylation is 2. The Hall–Kier alpha value is -0.820. The first-order valence-corrected chi connectivity index (χ1v) is 5.47. The molecule has 0 radical (unpaired) electrons. The van der Waals surface area contributed by atoms with Crippen molar-refractivity contribution in [3.63, 3.8) is 0 Å². The van der Waals surface area contributed by atoms with E-state index in [2.05, 4.69) is 44.3 Å². The lowest BCUT2D eigenvalue weighted by Gasteiger charge is -2.14. The van der Waals surface area contributed by atoms with E-state index in [1.807, 2.05) is 0 Å². The van der Waals surface area contributed by atoms with Crippen molar-refractivity contribution in [2.24, 2.45) is 5.92 Å². The Kier molecular flexibility index (Phi) is 2.60. The fourth-order valence-electron chi connectivity index (χ4n) is 2.37. The van der Waals surface area contributed by atoms with E-state index in [9.17, 15) is 0 Å². The molecule has 0 aromatic heterocycles. The molecule has 1 aromatic carbocycles. The standard InChI is InChI=1S/C13H19N/c1-9-4-5-12(11(3)6-9)13-7-10(2)8-14-13/h4-6,10,13-14H,7-8H2,1-3H3. The molecule has 2 rings (SSSR count). The zero-order chi connectivity index (χ0) is 10.1. The summed E-state index contributed by atoms with van der Waals surface area (Å²) in [5.41, 5.74) is 4.27. The van der Waals surface area contributed by atoms with Crippen LogP contribution in [-0.4, -0.2) is 6.54 Å². The third-order valence-corrected chi connectivity index (χ3v) is 3.15. The molecule has 2 atom stereocenters. The van der Waals surface area contributed by atoms with E-state index in [0.29, 0.717) is 6.04 Å². The molecule has 2 unspecified atom stereocenters. The molecule has 76 valence electrons. The number of hydrogen-bond acceptors (Lipinski definition) is 1. The quantitative estimate of drug-likeness (QED) is 0.716.